The molecule has 0 saturated carbocycles. The second kappa shape index (κ2) is 3.43. The van der Waals surface area contributed by atoms with Crippen molar-refractivity contribution in [1.82, 2.24) is 14.6 Å². The van der Waals surface area contributed by atoms with Gasteiger partial charge < -0.3 is 5.11 Å². The standard InChI is InChI=1S/C8H8BrN3O/c9-5-7(13)6-4-8-10-2-1-3-12(8)11-6/h1-4,7,13H,5H2. The largest absolute Gasteiger partial charge is 0.386 e. The van der Waals surface area contributed by atoms with E-state index < -0.39 is 6.10 Å². The van der Waals surface area contributed by atoms with Crippen molar-refractivity contribution in [2.75, 3.05) is 5.33 Å². The molecule has 0 spiro atoms. The van der Waals surface area contributed by atoms with Gasteiger partial charge in [-0.05, 0) is 6.07 Å². The number of rotatable bonds is 2. The van der Waals surface area contributed by atoms with E-state index >= 15 is 0 Å². The molecule has 4 nitrogen and oxygen atoms in total. The Morgan fingerprint density at radius 3 is 3.15 bits per heavy atom. The first-order valence-corrected chi connectivity index (χ1v) is 4.98. The number of fused-ring (bicyclic) bond motifs is 1. The highest BCUT2D eigenvalue weighted by Gasteiger charge is 2.10. The Labute approximate surface area is 83.3 Å². The normalized spacial score (nSPS) is 13.4. The predicted octanol–water partition coefficient (Wildman–Crippen LogP) is 1.16. The van der Waals surface area contributed by atoms with Crippen LogP contribution in [0.25, 0.3) is 5.65 Å². The van der Waals surface area contributed by atoms with Gasteiger partial charge in [0.05, 0.1) is 5.69 Å². The topological polar surface area (TPSA) is 50.4 Å². The zero-order valence-electron chi connectivity index (χ0n) is 6.76. The highest BCUT2D eigenvalue weighted by atomic mass is 79.9. The van der Waals surface area contributed by atoms with Crippen molar-refractivity contribution < 1.29 is 5.11 Å². The Balaban J connectivity index is 2.49. The van der Waals surface area contributed by atoms with Crippen molar-refractivity contribution in [2.45, 2.75) is 6.10 Å². The van der Waals surface area contributed by atoms with E-state index in [9.17, 15) is 5.11 Å². The first kappa shape index (κ1) is 8.65. The van der Waals surface area contributed by atoms with Gasteiger partial charge in [-0.1, -0.05) is 15.9 Å². The molecule has 2 rings (SSSR count). The predicted molar refractivity (Wildman–Crippen MR) is 51.7 cm³/mol. The van der Waals surface area contributed by atoms with E-state index in [1.54, 1.807) is 29.0 Å². The number of aromatic nitrogens is 3. The fourth-order valence-corrected chi connectivity index (χ4v) is 1.42. The Bertz CT molecular complexity index is 381. The number of halogens is 1. The van der Waals surface area contributed by atoms with Crippen LogP contribution in [-0.4, -0.2) is 25.0 Å². The van der Waals surface area contributed by atoms with Crippen LogP contribution >= 0.6 is 15.9 Å². The molecular weight excluding hydrogens is 234 g/mol. The van der Waals surface area contributed by atoms with E-state index in [0.717, 1.165) is 5.65 Å². The molecule has 0 bridgehead atoms. The van der Waals surface area contributed by atoms with Crippen molar-refractivity contribution >= 4 is 21.6 Å². The zero-order chi connectivity index (χ0) is 9.26. The molecule has 0 saturated heterocycles. The van der Waals surface area contributed by atoms with Crippen molar-refractivity contribution in [1.29, 1.82) is 0 Å². The molecule has 5 heteroatoms. The van der Waals surface area contributed by atoms with Gasteiger partial charge in [0.1, 0.15) is 6.10 Å². The number of hydrogen-bond acceptors (Lipinski definition) is 3. The minimum absolute atomic E-state index is 0.483. The molecular formula is C8H8BrN3O. The third-order valence-corrected chi connectivity index (χ3v) is 2.36. The first-order chi connectivity index (χ1) is 6.31. The van der Waals surface area contributed by atoms with Gasteiger partial charge in [0, 0.05) is 23.8 Å². The lowest BCUT2D eigenvalue weighted by molar-refractivity contribution is 0.200. The van der Waals surface area contributed by atoms with E-state index in [-0.39, 0.29) is 0 Å². The fourth-order valence-electron chi connectivity index (χ4n) is 1.09. The summed E-state index contributed by atoms with van der Waals surface area (Å²) < 4.78 is 1.64. The molecule has 2 aromatic rings. The van der Waals surface area contributed by atoms with Crippen LogP contribution in [0.5, 0.6) is 0 Å². The van der Waals surface area contributed by atoms with Gasteiger partial charge >= 0.3 is 0 Å². The molecule has 68 valence electrons. The summed E-state index contributed by atoms with van der Waals surface area (Å²) in [4.78, 5) is 4.09. The summed E-state index contributed by atoms with van der Waals surface area (Å²) in [6.45, 7) is 0. The zero-order valence-corrected chi connectivity index (χ0v) is 8.35. The lowest BCUT2D eigenvalue weighted by atomic mass is 10.3. The summed E-state index contributed by atoms with van der Waals surface area (Å²) in [5.41, 5.74) is 1.38. The van der Waals surface area contributed by atoms with Crippen molar-refractivity contribution in [3.8, 4) is 0 Å². The summed E-state index contributed by atoms with van der Waals surface area (Å²) in [5, 5.41) is 14.1. The van der Waals surface area contributed by atoms with Crippen LogP contribution in [0.15, 0.2) is 24.5 Å². The molecule has 13 heavy (non-hydrogen) atoms. The number of nitrogens with zero attached hydrogens (tertiary/aromatic N) is 3. The van der Waals surface area contributed by atoms with Crippen molar-refractivity contribution in [2.24, 2.45) is 0 Å². The maximum Gasteiger partial charge on any atom is 0.155 e. The molecule has 2 aromatic heterocycles. The van der Waals surface area contributed by atoms with Crippen molar-refractivity contribution in [3.63, 3.8) is 0 Å². The molecule has 2 heterocycles. The number of alkyl halides is 1. The maximum atomic E-state index is 9.48. The molecule has 0 amide bonds. The van der Waals surface area contributed by atoms with Crippen LogP contribution in [0.2, 0.25) is 0 Å². The Morgan fingerprint density at radius 2 is 2.46 bits per heavy atom. The molecule has 0 aliphatic rings. The van der Waals surface area contributed by atoms with Crippen LogP contribution in [0, 0.1) is 0 Å². The van der Waals surface area contributed by atoms with Crippen LogP contribution in [0.1, 0.15) is 11.8 Å². The average Bonchev–Trinajstić information content (AvgIpc) is 2.59. The van der Waals surface area contributed by atoms with Crippen LogP contribution in [0.4, 0.5) is 0 Å². The molecule has 1 unspecified atom stereocenters. The lowest BCUT2D eigenvalue weighted by Crippen LogP contribution is -1.99. The summed E-state index contributed by atoms with van der Waals surface area (Å²) in [6, 6.07) is 3.57. The number of aliphatic hydroxyl groups is 1. The van der Waals surface area contributed by atoms with Crippen molar-refractivity contribution in [3.05, 3.63) is 30.2 Å². The third kappa shape index (κ3) is 1.57. The summed E-state index contributed by atoms with van der Waals surface area (Å²) in [6.07, 6.45) is 2.93. The van der Waals surface area contributed by atoms with E-state index in [1.165, 1.54) is 0 Å². The van der Waals surface area contributed by atoms with E-state index in [2.05, 4.69) is 26.0 Å². The minimum Gasteiger partial charge on any atom is -0.386 e. The molecule has 0 aromatic carbocycles. The third-order valence-electron chi connectivity index (χ3n) is 1.74. The Morgan fingerprint density at radius 1 is 1.62 bits per heavy atom. The monoisotopic (exact) mass is 241 g/mol. The first-order valence-electron chi connectivity index (χ1n) is 3.85. The molecule has 0 aliphatic carbocycles. The Hall–Kier alpha value is -0.940. The summed E-state index contributed by atoms with van der Waals surface area (Å²) in [5.74, 6) is 0. The van der Waals surface area contributed by atoms with Crippen LogP contribution in [-0.2, 0) is 0 Å². The number of hydrogen-bond donors (Lipinski definition) is 1. The SMILES string of the molecule is OC(CBr)c1cc2ncccn2n1. The second-order valence-corrected chi connectivity index (χ2v) is 3.31. The maximum absolute atomic E-state index is 9.48. The van der Waals surface area contributed by atoms with Gasteiger partial charge in [-0.2, -0.15) is 5.10 Å². The van der Waals surface area contributed by atoms with Gasteiger partial charge in [0.15, 0.2) is 5.65 Å². The fraction of sp³-hybridized carbons (Fsp3) is 0.250. The molecule has 0 fully saturated rings. The smallest absolute Gasteiger partial charge is 0.155 e. The molecule has 1 N–H and O–H groups in total. The average molecular weight is 242 g/mol. The van der Waals surface area contributed by atoms with E-state index in [0.29, 0.717) is 11.0 Å². The lowest BCUT2D eigenvalue weighted by Gasteiger charge is -1.99. The Kier molecular flexibility index (Phi) is 2.28. The summed E-state index contributed by atoms with van der Waals surface area (Å²) >= 11 is 3.19. The second-order valence-electron chi connectivity index (χ2n) is 2.66. The van der Waals surface area contributed by atoms with E-state index in [4.69, 9.17) is 0 Å². The molecule has 1 atom stereocenters. The van der Waals surface area contributed by atoms with Crippen LogP contribution < -0.4 is 0 Å². The van der Waals surface area contributed by atoms with E-state index in [1.807, 2.05) is 0 Å². The van der Waals surface area contributed by atoms with Gasteiger partial charge in [-0.15, -0.1) is 0 Å². The number of aliphatic hydroxyl groups excluding tert-OH is 1. The van der Waals surface area contributed by atoms with Gasteiger partial charge in [0.25, 0.3) is 0 Å². The molecule has 0 aliphatic heterocycles. The quantitative estimate of drug-likeness (QED) is 0.804. The minimum atomic E-state index is -0.568. The van der Waals surface area contributed by atoms with Crippen LogP contribution in [0.3, 0.4) is 0 Å². The molecule has 0 radical (unpaired) electrons. The highest BCUT2D eigenvalue weighted by Crippen LogP contribution is 2.14. The van der Waals surface area contributed by atoms with Gasteiger partial charge in [-0.3, -0.25) is 0 Å². The summed E-state index contributed by atoms with van der Waals surface area (Å²) in [7, 11) is 0. The van der Waals surface area contributed by atoms with Gasteiger partial charge in [0.2, 0.25) is 0 Å². The highest BCUT2D eigenvalue weighted by molar-refractivity contribution is 9.09. The van der Waals surface area contributed by atoms with Gasteiger partial charge in [-0.25, -0.2) is 9.50 Å².